The van der Waals surface area contributed by atoms with Gasteiger partial charge in [-0.1, -0.05) is 42.5 Å². The molecule has 0 radical (unpaired) electrons. The van der Waals surface area contributed by atoms with Crippen LogP contribution in [0, 0.1) is 6.92 Å². The van der Waals surface area contributed by atoms with Crippen molar-refractivity contribution >= 4 is 22.5 Å². The van der Waals surface area contributed by atoms with E-state index in [0.717, 1.165) is 31.9 Å². The Balaban J connectivity index is 1.34. The van der Waals surface area contributed by atoms with Gasteiger partial charge in [0.1, 0.15) is 0 Å². The van der Waals surface area contributed by atoms with Gasteiger partial charge in [-0.05, 0) is 37.6 Å². The quantitative estimate of drug-likeness (QED) is 0.814. The molecule has 2 aromatic rings. The predicted molar refractivity (Wildman–Crippen MR) is 114 cm³/mol. The van der Waals surface area contributed by atoms with Crippen LogP contribution < -0.4 is 4.90 Å². The van der Waals surface area contributed by atoms with Crippen molar-refractivity contribution in [3.05, 3.63) is 65.7 Å². The van der Waals surface area contributed by atoms with E-state index in [1.165, 1.54) is 34.8 Å². The van der Waals surface area contributed by atoms with Crippen LogP contribution in [0.3, 0.4) is 0 Å². The first kappa shape index (κ1) is 17.6. The van der Waals surface area contributed by atoms with Gasteiger partial charge < -0.3 is 4.90 Å². The van der Waals surface area contributed by atoms with E-state index < -0.39 is 0 Å². The van der Waals surface area contributed by atoms with E-state index in [2.05, 4.69) is 71.3 Å². The van der Waals surface area contributed by atoms with Gasteiger partial charge in [0.2, 0.25) is 0 Å². The minimum atomic E-state index is 0.431. The van der Waals surface area contributed by atoms with Gasteiger partial charge >= 0.3 is 0 Å². The SMILES string of the molecule is Cc1cccc(N2CCCN(CC3CSC(c4ccccc4)=N3)CC2)c1. The van der Waals surface area contributed by atoms with Gasteiger partial charge in [0.15, 0.2) is 0 Å². The minimum Gasteiger partial charge on any atom is -0.370 e. The normalized spacial score (nSPS) is 21.5. The number of thioether (sulfide) groups is 1. The number of nitrogens with zero attached hydrogens (tertiary/aromatic N) is 3. The first-order chi connectivity index (χ1) is 12.8. The molecule has 0 aliphatic carbocycles. The van der Waals surface area contributed by atoms with Gasteiger partial charge in [0.05, 0.1) is 11.1 Å². The van der Waals surface area contributed by atoms with Crippen LogP contribution in [0.15, 0.2) is 59.6 Å². The molecule has 0 bridgehead atoms. The van der Waals surface area contributed by atoms with Gasteiger partial charge in [0.25, 0.3) is 0 Å². The fourth-order valence-corrected chi connectivity index (χ4v) is 4.84. The van der Waals surface area contributed by atoms with E-state index in [1.807, 2.05) is 11.8 Å². The maximum atomic E-state index is 5.00. The summed E-state index contributed by atoms with van der Waals surface area (Å²) in [6.07, 6.45) is 1.23. The third kappa shape index (κ3) is 4.30. The van der Waals surface area contributed by atoms with Crippen molar-refractivity contribution in [2.75, 3.05) is 43.4 Å². The first-order valence-electron chi connectivity index (χ1n) is 9.58. The molecule has 1 saturated heterocycles. The highest BCUT2D eigenvalue weighted by Gasteiger charge is 2.23. The Bertz CT molecular complexity index is 759. The molecule has 0 amide bonds. The summed E-state index contributed by atoms with van der Waals surface area (Å²) < 4.78 is 0. The number of hydrogen-bond acceptors (Lipinski definition) is 4. The zero-order valence-corrected chi connectivity index (χ0v) is 16.3. The summed E-state index contributed by atoms with van der Waals surface area (Å²) in [6.45, 7) is 7.83. The molecule has 0 spiro atoms. The summed E-state index contributed by atoms with van der Waals surface area (Å²) >= 11 is 1.91. The number of aryl methyl sites for hydroxylation is 1. The maximum Gasteiger partial charge on any atom is 0.0981 e. The Morgan fingerprint density at radius 3 is 2.73 bits per heavy atom. The largest absolute Gasteiger partial charge is 0.370 e. The Morgan fingerprint density at radius 2 is 1.88 bits per heavy atom. The Labute approximate surface area is 161 Å². The smallest absolute Gasteiger partial charge is 0.0981 e. The number of rotatable bonds is 4. The first-order valence-corrected chi connectivity index (χ1v) is 10.6. The zero-order valence-electron chi connectivity index (χ0n) is 15.5. The topological polar surface area (TPSA) is 18.8 Å². The molecule has 2 aliphatic heterocycles. The van der Waals surface area contributed by atoms with Gasteiger partial charge in [-0.3, -0.25) is 9.89 Å². The van der Waals surface area contributed by atoms with Crippen molar-refractivity contribution in [2.45, 2.75) is 19.4 Å². The zero-order chi connectivity index (χ0) is 17.8. The second-order valence-corrected chi connectivity index (χ2v) is 8.25. The number of anilines is 1. The summed E-state index contributed by atoms with van der Waals surface area (Å²) in [4.78, 5) is 10.1. The lowest BCUT2D eigenvalue weighted by Crippen LogP contribution is -2.35. The van der Waals surface area contributed by atoms with Gasteiger partial charge in [-0.2, -0.15) is 0 Å². The monoisotopic (exact) mass is 365 g/mol. The van der Waals surface area contributed by atoms with E-state index in [1.54, 1.807) is 0 Å². The molecular formula is C22H27N3S. The molecule has 2 aliphatic rings. The molecule has 4 heteroatoms. The molecule has 1 atom stereocenters. The molecule has 136 valence electrons. The van der Waals surface area contributed by atoms with Crippen LogP contribution in [0.5, 0.6) is 0 Å². The van der Waals surface area contributed by atoms with Crippen molar-refractivity contribution in [3.63, 3.8) is 0 Å². The molecule has 4 rings (SSSR count). The molecule has 1 unspecified atom stereocenters. The second kappa shape index (κ2) is 8.28. The van der Waals surface area contributed by atoms with E-state index in [9.17, 15) is 0 Å². The average Bonchev–Trinajstić information content (AvgIpc) is 3.00. The summed E-state index contributed by atoms with van der Waals surface area (Å²) in [5, 5.41) is 1.21. The Morgan fingerprint density at radius 1 is 1.00 bits per heavy atom. The van der Waals surface area contributed by atoms with E-state index >= 15 is 0 Å². The molecule has 26 heavy (non-hydrogen) atoms. The van der Waals surface area contributed by atoms with Crippen LogP contribution >= 0.6 is 11.8 Å². The van der Waals surface area contributed by atoms with E-state index in [4.69, 9.17) is 4.99 Å². The van der Waals surface area contributed by atoms with Gasteiger partial charge in [-0.15, -0.1) is 11.8 Å². The summed E-state index contributed by atoms with van der Waals surface area (Å²) in [6, 6.07) is 19.9. The average molecular weight is 366 g/mol. The standard InChI is InChI=1S/C22H27N3S/c1-18-7-5-10-21(15-18)25-12-6-11-24(13-14-25)16-20-17-26-22(23-20)19-8-3-2-4-9-19/h2-5,7-10,15,20H,6,11-14,16-17H2,1H3. The van der Waals surface area contributed by atoms with Gasteiger partial charge in [0, 0.05) is 43.2 Å². The highest BCUT2D eigenvalue weighted by molar-refractivity contribution is 8.14. The molecule has 2 aromatic carbocycles. The lowest BCUT2D eigenvalue weighted by molar-refractivity contribution is 0.282. The summed E-state index contributed by atoms with van der Waals surface area (Å²) in [5.74, 6) is 1.11. The highest BCUT2D eigenvalue weighted by atomic mass is 32.2. The van der Waals surface area contributed by atoms with Crippen LogP contribution in [0.2, 0.25) is 0 Å². The van der Waals surface area contributed by atoms with Crippen molar-refractivity contribution in [1.82, 2.24) is 4.90 Å². The summed E-state index contributed by atoms with van der Waals surface area (Å²) in [5.41, 5.74) is 3.98. The Hall–Kier alpha value is -1.78. The highest BCUT2D eigenvalue weighted by Crippen LogP contribution is 2.24. The van der Waals surface area contributed by atoms with Crippen LogP contribution in [0.25, 0.3) is 0 Å². The summed E-state index contributed by atoms with van der Waals surface area (Å²) in [7, 11) is 0. The van der Waals surface area contributed by atoms with Crippen molar-refractivity contribution in [2.24, 2.45) is 4.99 Å². The predicted octanol–water partition coefficient (Wildman–Crippen LogP) is 4.07. The fourth-order valence-electron chi connectivity index (χ4n) is 3.78. The lowest BCUT2D eigenvalue weighted by Gasteiger charge is -2.24. The maximum absolute atomic E-state index is 5.00. The second-order valence-electron chi connectivity index (χ2n) is 7.25. The number of aliphatic imine (C=N–C) groups is 1. The third-order valence-corrected chi connectivity index (χ3v) is 6.32. The van der Waals surface area contributed by atoms with Crippen molar-refractivity contribution < 1.29 is 0 Å². The van der Waals surface area contributed by atoms with Crippen molar-refractivity contribution in [1.29, 1.82) is 0 Å². The Kier molecular flexibility index (Phi) is 5.61. The van der Waals surface area contributed by atoms with Crippen LogP contribution in [0.1, 0.15) is 17.5 Å². The molecule has 0 saturated carbocycles. The number of hydrogen-bond donors (Lipinski definition) is 0. The fraction of sp³-hybridized carbons (Fsp3) is 0.409. The van der Waals surface area contributed by atoms with E-state index in [0.29, 0.717) is 6.04 Å². The van der Waals surface area contributed by atoms with Crippen LogP contribution in [-0.2, 0) is 0 Å². The molecule has 2 heterocycles. The lowest BCUT2D eigenvalue weighted by atomic mass is 10.2. The third-order valence-electron chi connectivity index (χ3n) is 5.16. The number of benzene rings is 2. The molecular weight excluding hydrogens is 338 g/mol. The molecule has 3 nitrogen and oxygen atoms in total. The molecule has 1 fully saturated rings. The molecule has 0 aromatic heterocycles. The van der Waals surface area contributed by atoms with Crippen LogP contribution in [-0.4, -0.2) is 54.5 Å². The molecule has 0 N–H and O–H groups in total. The minimum absolute atomic E-state index is 0.431. The van der Waals surface area contributed by atoms with Gasteiger partial charge in [-0.25, -0.2) is 0 Å². The van der Waals surface area contributed by atoms with E-state index in [-0.39, 0.29) is 0 Å². The van der Waals surface area contributed by atoms with Crippen molar-refractivity contribution in [3.8, 4) is 0 Å². The van der Waals surface area contributed by atoms with Crippen LogP contribution in [0.4, 0.5) is 5.69 Å².